The number of anilines is 1. The van der Waals surface area contributed by atoms with Crippen LogP contribution in [0.15, 0.2) is 18.2 Å². The van der Waals surface area contributed by atoms with Gasteiger partial charge < -0.3 is 25.2 Å². The summed E-state index contributed by atoms with van der Waals surface area (Å²) < 4.78 is 10.8. The average Bonchev–Trinajstić information content (AvgIpc) is 3.13. The fourth-order valence-electron chi connectivity index (χ4n) is 5.10. The number of hydrogen-bond acceptors (Lipinski definition) is 7. The lowest BCUT2D eigenvalue weighted by molar-refractivity contribution is 0.196. The van der Waals surface area contributed by atoms with Gasteiger partial charge in [-0.05, 0) is 50.2 Å². The molecule has 162 valence electrons. The number of aliphatic hydroxyl groups is 1. The standard InChI is InChI=1S/C23H32N4O3/c1-15-21(17-7-6-16(29-2)13-19(17)30-3)26-18(14-28)22(25-15)27-11-9-23(10-12-27)8-4-5-20(23)24/h6-7,13,20,28H,4-5,8-12,14,24H2,1-3H3/t20-/m1/s1. The number of piperidine rings is 1. The number of aromatic nitrogens is 2. The molecule has 1 aliphatic carbocycles. The summed E-state index contributed by atoms with van der Waals surface area (Å²) in [6.07, 6.45) is 5.76. The fraction of sp³-hybridized carbons (Fsp3) is 0.565. The molecule has 1 atom stereocenters. The Hall–Kier alpha value is -2.38. The SMILES string of the molecule is COc1ccc(-c2nc(CO)c(N3CCC4(CCC[C@H]4N)CC3)nc2C)c(OC)c1. The number of nitrogens with two attached hydrogens (primary N) is 1. The van der Waals surface area contributed by atoms with Crippen LogP contribution in [0, 0.1) is 12.3 Å². The third-order valence-electron chi connectivity index (χ3n) is 6.97. The van der Waals surface area contributed by atoms with E-state index in [-0.39, 0.29) is 12.0 Å². The predicted octanol–water partition coefficient (Wildman–Crippen LogP) is 3.06. The van der Waals surface area contributed by atoms with Gasteiger partial charge in [0.15, 0.2) is 5.82 Å². The van der Waals surface area contributed by atoms with Crippen molar-refractivity contribution in [2.24, 2.45) is 11.1 Å². The normalized spacial score (nSPS) is 20.6. The molecule has 3 N–H and O–H groups in total. The highest BCUT2D eigenvalue weighted by Gasteiger charge is 2.43. The zero-order valence-electron chi connectivity index (χ0n) is 18.1. The summed E-state index contributed by atoms with van der Waals surface area (Å²) in [4.78, 5) is 11.9. The topological polar surface area (TPSA) is 93.7 Å². The molecule has 2 fully saturated rings. The van der Waals surface area contributed by atoms with E-state index in [9.17, 15) is 5.11 Å². The van der Waals surface area contributed by atoms with Crippen LogP contribution in [0.5, 0.6) is 11.5 Å². The van der Waals surface area contributed by atoms with Gasteiger partial charge in [0, 0.05) is 30.8 Å². The van der Waals surface area contributed by atoms with Crippen LogP contribution in [0.25, 0.3) is 11.3 Å². The predicted molar refractivity (Wildman–Crippen MR) is 117 cm³/mol. The number of methoxy groups -OCH3 is 2. The van der Waals surface area contributed by atoms with Crippen LogP contribution >= 0.6 is 0 Å². The molecule has 0 bridgehead atoms. The maximum absolute atomic E-state index is 10.1. The molecule has 1 spiro atoms. The van der Waals surface area contributed by atoms with Crippen LogP contribution in [0.1, 0.15) is 43.5 Å². The second-order valence-corrected chi connectivity index (χ2v) is 8.50. The van der Waals surface area contributed by atoms with Crippen molar-refractivity contribution in [2.45, 2.75) is 51.7 Å². The molecule has 0 radical (unpaired) electrons. The van der Waals surface area contributed by atoms with Gasteiger partial charge in [-0.15, -0.1) is 0 Å². The smallest absolute Gasteiger partial charge is 0.153 e. The number of rotatable bonds is 5. The lowest BCUT2D eigenvalue weighted by Gasteiger charge is -2.42. The summed E-state index contributed by atoms with van der Waals surface area (Å²) in [5, 5.41) is 10.1. The maximum atomic E-state index is 10.1. The van der Waals surface area contributed by atoms with Crippen LogP contribution in [0.3, 0.4) is 0 Å². The Morgan fingerprint density at radius 1 is 1.17 bits per heavy atom. The summed E-state index contributed by atoms with van der Waals surface area (Å²) in [6, 6.07) is 5.94. The van der Waals surface area contributed by atoms with Crippen LogP contribution < -0.4 is 20.1 Å². The van der Waals surface area contributed by atoms with Crippen LogP contribution in [0.2, 0.25) is 0 Å². The van der Waals surface area contributed by atoms with E-state index in [1.54, 1.807) is 14.2 Å². The minimum Gasteiger partial charge on any atom is -0.497 e. The molecular formula is C23H32N4O3. The largest absolute Gasteiger partial charge is 0.497 e. The van der Waals surface area contributed by atoms with Gasteiger partial charge in [-0.3, -0.25) is 0 Å². The molecule has 2 heterocycles. The van der Waals surface area contributed by atoms with Crippen molar-refractivity contribution < 1.29 is 14.6 Å². The van der Waals surface area contributed by atoms with E-state index in [0.29, 0.717) is 28.9 Å². The van der Waals surface area contributed by atoms with Gasteiger partial charge in [-0.25, -0.2) is 9.97 Å². The molecule has 0 unspecified atom stereocenters. The number of ether oxygens (including phenoxy) is 2. The van der Waals surface area contributed by atoms with Gasteiger partial charge in [0.2, 0.25) is 0 Å². The van der Waals surface area contributed by atoms with Crippen molar-refractivity contribution in [3.8, 4) is 22.8 Å². The zero-order valence-corrected chi connectivity index (χ0v) is 18.1. The first-order valence-electron chi connectivity index (χ1n) is 10.7. The quantitative estimate of drug-likeness (QED) is 0.779. The van der Waals surface area contributed by atoms with Crippen molar-refractivity contribution in [3.63, 3.8) is 0 Å². The number of benzene rings is 1. The average molecular weight is 413 g/mol. The molecular weight excluding hydrogens is 380 g/mol. The minimum atomic E-state index is -0.157. The molecule has 1 saturated heterocycles. The van der Waals surface area contributed by atoms with Crippen molar-refractivity contribution in [1.29, 1.82) is 0 Å². The molecule has 1 aliphatic heterocycles. The van der Waals surface area contributed by atoms with Gasteiger partial charge in [0.05, 0.1) is 32.2 Å². The third-order valence-corrected chi connectivity index (χ3v) is 6.97. The molecule has 7 nitrogen and oxygen atoms in total. The van der Waals surface area contributed by atoms with E-state index >= 15 is 0 Å². The van der Waals surface area contributed by atoms with E-state index in [4.69, 9.17) is 25.2 Å². The number of aryl methyl sites for hydroxylation is 1. The summed E-state index contributed by atoms with van der Waals surface area (Å²) in [5.41, 5.74) is 9.68. The highest BCUT2D eigenvalue weighted by Crippen LogP contribution is 2.46. The molecule has 2 aliphatic rings. The molecule has 4 rings (SSSR count). The molecule has 30 heavy (non-hydrogen) atoms. The van der Waals surface area contributed by atoms with Gasteiger partial charge >= 0.3 is 0 Å². The van der Waals surface area contributed by atoms with Gasteiger partial charge in [-0.2, -0.15) is 0 Å². The lowest BCUT2D eigenvalue weighted by Crippen LogP contribution is -2.47. The van der Waals surface area contributed by atoms with E-state index in [0.717, 1.165) is 49.4 Å². The Balaban J connectivity index is 1.64. The van der Waals surface area contributed by atoms with E-state index in [2.05, 4.69) is 4.90 Å². The van der Waals surface area contributed by atoms with E-state index < -0.39 is 0 Å². The highest BCUT2D eigenvalue weighted by atomic mass is 16.5. The minimum absolute atomic E-state index is 0.157. The Kier molecular flexibility index (Phi) is 5.84. The van der Waals surface area contributed by atoms with E-state index in [1.807, 2.05) is 25.1 Å². The molecule has 7 heteroatoms. The molecule has 1 aromatic carbocycles. The highest BCUT2D eigenvalue weighted by molar-refractivity contribution is 5.71. The fourth-order valence-corrected chi connectivity index (χ4v) is 5.10. The second-order valence-electron chi connectivity index (χ2n) is 8.50. The maximum Gasteiger partial charge on any atom is 0.153 e. The Morgan fingerprint density at radius 3 is 2.53 bits per heavy atom. The van der Waals surface area contributed by atoms with Crippen LogP contribution in [-0.2, 0) is 6.61 Å². The first-order chi connectivity index (χ1) is 14.5. The van der Waals surface area contributed by atoms with Crippen molar-refractivity contribution in [3.05, 3.63) is 29.6 Å². The number of nitrogens with zero attached hydrogens (tertiary/aromatic N) is 3. The summed E-state index contributed by atoms with van der Waals surface area (Å²) >= 11 is 0. The Bertz CT molecular complexity index is 910. The van der Waals surface area contributed by atoms with Crippen molar-refractivity contribution >= 4 is 5.82 Å². The van der Waals surface area contributed by atoms with Crippen molar-refractivity contribution in [2.75, 3.05) is 32.2 Å². The third kappa shape index (κ3) is 3.61. The first kappa shape index (κ1) is 20.9. The van der Waals surface area contributed by atoms with Crippen LogP contribution in [0.4, 0.5) is 5.82 Å². The zero-order chi connectivity index (χ0) is 21.3. The van der Waals surface area contributed by atoms with Gasteiger partial charge in [0.1, 0.15) is 17.2 Å². The first-order valence-corrected chi connectivity index (χ1v) is 10.7. The molecule has 0 amide bonds. The summed E-state index contributed by atoms with van der Waals surface area (Å²) in [5.74, 6) is 2.17. The number of hydrogen-bond donors (Lipinski definition) is 2. The van der Waals surface area contributed by atoms with Crippen molar-refractivity contribution in [1.82, 2.24) is 9.97 Å². The second kappa shape index (κ2) is 8.40. The summed E-state index contributed by atoms with van der Waals surface area (Å²) in [7, 11) is 3.25. The summed E-state index contributed by atoms with van der Waals surface area (Å²) in [6.45, 7) is 3.60. The Morgan fingerprint density at radius 2 is 1.93 bits per heavy atom. The monoisotopic (exact) mass is 412 g/mol. The Labute approximate surface area is 178 Å². The van der Waals surface area contributed by atoms with Gasteiger partial charge in [-0.1, -0.05) is 6.42 Å². The van der Waals surface area contributed by atoms with Gasteiger partial charge in [0.25, 0.3) is 0 Å². The molecule has 2 aromatic rings. The van der Waals surface area contributed by atoms with E-state index in [1.165, 1.54) is 12.8 Å². The lowest BCUT2D eigenvalue weighted by atomic mass is 9.74. The molecule has 1 saturated carbocycles. The molecule has 1 aromatic heterocycles. The number of aliphatic hydroxyl groups excluding tert-OH is 1. The van der Waals surface area contributed by atoms with Crippen LogP contribution in [-0.4, -0.2) is 48.4 Å².